The van der Waals surface area contributed by atoms with Gasteiger partial charge in [-0.1, -0.05) is 6.07 Å². The summed E-state index contributed by atoms with van der Waals surface area (Å²) in [5.74, 6) is -1.68. The molecular weight excluding hydrogens is 517 g/mol. The summed E-state index contributed by atoms with van der Waals surface area (Å²) in [4.78, 5) is 42.0. The van der Waals surface area contributed by atoms with Gasteiger partial charge in [0.1, 0.15) is 17.3 Å². The Morgan fingerprint density at radius 3 is 2.62 bits per heavy atom. The molecule has 2 fully saturated rings. The van der Waals surface area contributed by atoms with Gasteiger partial charge in [0.15, 0.2) is 0 Å². The summed E-state index contributed by atoms with van der Waals surface area (Å²) in [7, 11) is 0. The van der Waals surface area contributed by atoms with Crippen LogP contribution >= 0.6 is 0 Å². The van der Waals surface area contributed by atoms with Crippen LogP contribution in [0, 0.1) is 11.3 Å². The molecule has 1 saturated carbocycles. The standard InChI is InChI=1S/C27H37F3N4O5/c1-17(35)34-12-9-26(10-13-34,27(28,29)30)25(38)33-22(24(36)37)8-14-39-21-15-18(16-21)4-6-20-7-5-19-3-2-11-31-23(19)32-20/h5,7,18,21-22H,2-4,6,8-16H2,1H3,(H,31,32)(H,33,38)(H,36,37)/t18-,21+,22-/m0/s1. The second-order valence-corrected chi connectivity index (χ2v) is 10.9. The molecule has 0 unspecified atom stereocenters. The number of piperidine rings is 1. The number of fused-ring (bicyclic) bond motifs is 1. The maximum atomic E-state index is 14.0. The molecule has 0 aromatic carbocycles. The van der Waals surface area contributed by atoms with E-state index in [4.69, 9.17) is 9.72 Å². The molecule has 1 aliphatic carbocycles. The molecule has 1 atom stereocenters. The number of hydrogen-bond donors (Lipinski definition) is 3. The van der Waals surface area contributed by atoms with Gasteiger partial charge in [0.2, 0.25) is 11.8 Å². The van der Waals surface area contributed by atoms with Gasteiger partial charge in [0.25, 0.3) is 0 Å². The van der Waals surface area contributed by atoms with Crippen LogP contribution in [0.5, 0.6) is 0 Å². The highest BCUT2D eigenvalue weighted by Gasteiger charge is 2.61. The first-order chi connectivity index (χ1) is 18.5. The molecule has 3 N–H and O–H groups in total. The lowest BCUT2D eigenvalue weighted by atomic mass is 9.76. The zero-order chi connectivity index (χ0) is 28.2. The number of hydrogen-bond acceptors (Lipinski definition) is 6. The van der Waals surface area contributed by atoms with Crippen molar-refractivity contribution in [1.82, 2.24) is 15.2 Å². The van der Waals surface area contributed by atoms with Gasteiger partial charge in [0, 0.05) is 45.3 Å². The van der Waals surface area contributed by atoms with Crippen molar-refractivity contribution >= 4 is 23.6 Å². The number of alkyl halides is 3. The number of anilines is 1. The van der Waals surface area contributed by atoms with Crippen molar-refractivity contribution in [1.29, 1.82) is 0 Å². The molecule has 39 heavy (non-hydrogen) atoms. The number of nitrogens with one attached hydrogen (secondary N) is 2. The second kappa shape index (κ2) is 12.1. The third-order valence-electron chi connectivity index (χ3n) is 8.36. The van der Waals surface area contributed by atoms with Gasteiger partial charge in [-0.15, -0.1) is 0 Å². The predicted molar refractivity (Wildman–Crippen MR) is 136 cm³/mol. The molecule has 3 heterocycles. The normalized spacial score (nSPS) is 23.1. The Bertz CT molecular complexity index is 1050. The van der Waals surface area contributed by atoms with E-state index in [1.165, 1.54) is 17.4 Å². The van der Waals surface area contributed by atoms with E-state index in [1.807, 2.05) is 0 Å². The number of carbonyl (C=O) groups excluding carboxylic acids is 2. The van der Waals surface area contributed by atoms with Crippen molar-refractivity contribution in [2.75, 3.05) is 31.6 Å². The van der Waals surface area contributed by atoms with Crippen LogP contribution in [0.3, 0.4) is 0 Å². The molecule has 0 spiro atoms. The summed E-state index contributed by atoms with van der Waals surface area (Å²) in [5, 5.41) is 15.0. The van der Waals surface area contributed by atoms with E-state index in [1.54, 1.807) is 0 Å². The first kappa shape index (κ1) is 29.1. The number of pyridine rings is 1. The molecule has 216 valence electrons. The summed E-state index contributed by atoms with van der Waals surface area (Å²) < 4.78 is 47.7. The maximum Gasteiger partial charge on any atom is 0.403 e. The van der Waals surface area contributed by atoms with Crippen LogP contribution in [0.15, 0.2) is 12.1 Å². The molecule has 2 amide bonds. The fourth-order valence-electron chi connectivity index (χ4n) is 5.66. The molecule has 1 saturated heterocycles. The number of nitrogens with zero attached hydrogens (tertiary/aromatic N) is 2. The van der Waals surface area contributed by atoms with Gasteiger partial charge in [0.05, 0.1) is 6.10 Å². The quantitative estimate of drug-likeness (QED) is 0.406. The Morgan fingerprint density at radius 2 is 1.97 bits per heavy atom. The van der Waals surface area contributed by atoms with Gasteiger partial charge in [-0.05, 0) is 68.9 Å². The number of amides is 2. The fraction of sp³-hybridized carbons (Fsp3) is 0.704. The van der Waals surface area contributed by atoms with E-state index in [0.29, 0.717) is 5.92 Å². The smallest absolute Gasteiger partial charge is 0.403 e. The summed E-state index contributed by atoms with van der Waals surface area (Å²) in [5.41, 5.74) is -0.418. The van der Waals surface area contributed by atoms with E-state index in [2.05, 4.69) is 22.8 Å². The number of halogens is 3. The van der Waals surface area contributed by atoms with Crippen molar-refractivity contribution in [2.24, 2.45) is 11.3 Å². The van der Waals surface area contributed by atoms with Crippen molar-refractivity contribution in [3.8, 4) is 0 Å². The minimum absolute atomic E-state index is 0.0177. The van der Waals surface area contributed by atoms with Crippen LogP contribution in [0.25, 0.3) is 0 Å². The Morgan fingerprint density at radius 1 is 1.26 bits per heavy atom. The molecular formula is C27H37F3N4O5. The van der Waals surface area contributed by atoms with Gasteiger partial charge in [-0.25, -0.2) is 9.78 Å². The van der Waals surface area contributed by atoms with Gasteiger partial charge in [-0.2, -0.15) is 13.2 Å². The van der Waals surface area contributed by atoms with Crippen LogP contribution in [0.1, 0.15) is 63.1 Å². The lowest BCUT2D eigenvalue weighted by Gasteiger charge is -2.41. The first-order valence-corrected chi connectivity index (χ1v) is 13.7. The van der Waals surface area contributed by atoms with E-state index in [0.717, 1.165) is 56.6 Å². The number of carboxylic acids is 1. The van der Waals surface area contributed by atoms with Gasteiger partial charge >= 0.3 is 12.1 Å². The number of carboxylic acid groups (broad SMARTS) is 1. The van der Waals surface area contributed by atoms with Crippen molar-refractivity contribution in [3.05, 3.63) is 23.4 Å². The van der Waals surface area contributed by atoms with Gasteiger partial charge in [-0.3, -0.25) is 9.59 Å². The van der Waals surface area contributed by atoms with Crippen LogP contribution in [0.2, 0.25) is 0 Å². The van der Waals surface area contributed by atoms with Gasteiger partial charge < -0.3 is 25.4 Å². The lowest BCUT2D eigenvalue weighted by Crippen LogP contribution is -2.59. The second-order valence-electron chi connectivity index (χ2n) is 10.9. The molecule has 3 aliphatic rings. The zero-order valence-electron chi connectivity index (χ0n) is 22.2. The van der Waals surface area contributed by atoms with E-state index >= 15 is 0 Å². The number of ether oxygens (including phenoxy) is 1. The molecule has 1 aromatic rings. The Kier molecular flexibility index (Phi) is 9.03. The monoisotopic (exact) mass is 554 g/mol. The average Bonchev–Trinajstić information content (AvgIpc) is 2.87. The molecule has 2 aliphatic heterocycles. The molecule has 0 radical (unpaired) electrons. The number of rotatable bonds is 10. The third-order valence-corrected chi connectivity index (χ3v) is 8.36. The third kappa shape index (κ3) is 6.82. The van der Waals surface area contributed by atoms with E-state index in [9.17, 15) is 32.7 Å². The SMILES string of the molecule is CC(=O)N1CCC(C(=O)N[C@@H](CCO[C@H]2C[C@@H](CCc3ccc4c(n3)NCCC4)C2)C(=O)O)(C(F)(F)F)CC1. The highest BCUT2D eigenvalue weighted by molar-refractivity contribution is 5.88. The highest BCUT2D eigenvalue weighted by atomic mass is 19.4. The van der Waals surface area contributed by atoms with Crippen LogP contribution in [0.4, 0.5) is 19.0 Å². The number of likely N-dealkylation sites (tertiary alicyclic amines) is 1. The number of aryl methyl sites for hydroxylation is 2. The first-order valence-electron chi connectivity index (χ1n) is 13.7. The number of carbonyl (C=O) groups is 3. The largest absolute Gasteiger partial charge is 0.480 e. The highest BCUT2D eigenvalue weighted by Crippen LogP contribution is 2.46. The van der Waals surface area contributed by atoms with Crippen molar-refractivity contribution in [3.63, 3.8) is 0 Å². The average molecular weight is 555 g/mol. The van der Waals surface area contributed by atoms with E-state index < -0.39 is 42.4 Å². The van der Waals surface area contributed by atoms with Crippen molar-refractivity contribution in [2.45, 2.75) is 83.0 Å². The molecule has 1 aromatic heterocycles. The predicted octanol–water partition coefficient (Wildman–Crippen LogP) is 3.32. The summed E-state index contributed by atoms with van der Waals surface area (Å²) in [6, 6.07) is 2.72. The number of aliphatic carboxylic acids is 1. The van der Waals surface area contributed by atoms with Crippen LogP contribution < -0.4 is 10.6 Å². The fourth-order valence-corrected chi connectivity index (χ4v) is 5.66. The minimum atomic E-state index is -4.87. The topological polar surface area (TPSA) is 121 Å². The summed E-state index contributed by atoms with van der Waals surface area (Å²) >= 11 is 0. The zero-order valence-corrected chi connectivity index (χ0v) is 22.2. The molecule has 9 nitrogen and oxygen atoms in total. The van der Waals surface area contributed by atoms with E-state index in [-0.39, 0.29) is 38.1 Å². The number of aromatic nitrogens is 1. The van der Waals surface area contributed by atoms with Crippen LogP contribution in [-0.2, 0) is 32.0 Å². The molecule has 0 bridgehead atoms. The Balaban J connectivity index is 1.20. The maximum absolute atomic E-state index is 14.0. The Labute approximate surface area is 225 Å². The minimum Gasteiger partial charge on any atom is -0.480 e. The molecule has 4 rings (SSSR count). The van der Waals surface area contributed by atoms with Crippen molar-refractivity contribution < 1.29 is 37.4 Å². The summed E-state index contributed by atoms with van der Waals surface area (Å²) in [6.45, 7) is 1.79. The Hall–Kier alpha value is -2.89. The van der Waals surface area contributed by atoms with Crippen LogP contribution in [-0.4, -0.2) is 77.3 Å². The summed E-state index contributed by atoms with van der Waals surface area (Å²) in [6.07, 6.45) is -0.584. The lowest BCUT2D eigenvalue weighted by molar-refractivity contribution is -0.233. The molecule has 12 heteroatoms.